The van der Waals surface area contributed by atoms with Crippen LogP contribution >= 0.6 is 11.6 Å². The lowest BCUT2D eigenvalue weighted by Gasteiger charge is -2.36. The molecule has 5 rings (SSSR count). The smallest absolute Gasteiger partial charge is 0.408 e. The number of alkyl carbamates (subject to hydrolysis) is 1. The molecule has 278 valence electrons. The number of carbonyl (C=O) groups is 4. The fourth-order valence-corrected chi connectivity index (χ4v) is 7.87. The van der Waals surface area contributed by atoms with Crippen molar-refractivity contribution in [3.63, 3.8) is 0 Å². The Morgan fingerprint density at radius 2 is 1.75 bits per heavy atom. The Morgan fingerprint density at radius 3 is 2.29 bits per heavy atom. The largest absolute Gasteiger partial charge is 0.493 e. The van der Waals surface area contributed by atoms with Crippen molar-refractivity contribution >= 4 is 56.2 Å². The van der Waals surface area contributed by atoms with Crippen LogP contribution in [0.25, 0.3) is 10.8 Å². The third-order valence-electron chi connectivity index (χ3n) is 9.14. The van der Waals surface area contributed by atoms with Crippen molar-refractivity contribution in [3.05, 3.63) is 42.1 Å². The van der Waals surface area contributed by atoms with Gasteiger partial charge in [-0.25, -0.2) is 13.2 Å². The Morgan fingerprint density at radius 1 is 1.10 bits per heavy atom. The topological polar surface area (TPSA) is 182 Å². The second-order valence-electron chi connectivity index (χ2n) is 15.4. The average molecular weight is 748 g/mol. The van der Waals surface area contributed by atoms with Crippen LogP contribution in [0.1, 0.15) is 67.2 Å². The number of nitrogens with one attached hydrogen (secondary N) is 3. The molecule has 2 saturated carbocycles. The van der Waals surface area contributed by atoms with Gasteiger partial charge in [0.2, 0.25) is 27.7 Å². The number of benzene rings is 1. The van der Waals surface area contributed by atoms with Gasteiger partial charge in [0.25, 0.3) is 5.91 Å². The fourth-order valence-electron chi connectivity index (χ4n) is 6.25. The molecule has 1 saturated heterocycles. The predicted octanol–water partition coefficient (Wildman–Crippen LogP) is 3.85. The maximum atomic E-state index is 14.5. The summed E-state index contributed by atoms with van der Waals surface area (Å²) in [5, 5.41) is 6.07. The van der Waals surface area contributed by atoms with Crippen LogP contribution in [0.3, 0.4) is 0 Å². The summed E-state index contributed by atoms with van der Waals surface area (Å²) in [5.41, 5.74) is -3.25. The van der Waals surface area contributed by atoms with E-state index in [2.05, 4.69) is 26.9 Å². The van der Waals surface area contributed by atoms with Crippen LogP contribution in [0.5, 0.6) is 11.6 Å². The highest BCUT2D eigenvalue weighted by Crippen LogP contribution is 2.46. The highest BCUT2D eigenvalue weighted by Gasteiger charge is 2.62. The van der Waals surface area contributed by atoms with Crippen LogP contribution < -0.4 is 24.8 Å². The van der Waals surface area contributed by atoms with E-state index in [0.717, 1.165) is 0 Å². The van der Waals surface area contributed by atoms with Gasteiger partial charge in [-0.2, -0.15) is 4.98 Å². The SMILES string of the molecule is C=C[C@@H]1C[C@@]1(NC(=O)[C@H]1C[C@@H](Oc2nc(Cl)c(OC)c3ccccc23)CN1C(=O)[C@@H](NC(=O)OC(C)(C)C)C(C)(C)C)C(=O)NS(=O)(=O)C1CC1. The molecule has 3 N–H and O–H groups in total. The van der Waals surface area contributed by atoms with E-state index in [-0.39, 0.29) is 30.4 Å². The van der Waals surface area contributed by atoms with E-state index in [1.807, 2.05) is 6.07 Å². The predicted molar refractivity (Wildman–Crippen MR) is 190 cm³/mol. The normalized spacial score (nSPS) is 23.9. The monoisotopic (exact) mass is 747 g/mol. The zero-order valence-corrected chi connectivity index (χ0v) is 31.4. The summed E-state index contributed by atoms with van der Waals surface area (Å²) in [4.78, 5) is 60.8. The Balaban J connectivity index is 1.47. The molecule has 1 aliphatic heterocycles. The van der Waals surface area contributed by atoms with E-state index in [0.29, 0.717) is 29.4 Å². The molecule has 0 unspecified atom stereocenters. The molecule has 2 aliphatic carbocycles. The van der Waals surface area contributed by atoms with Gasteiger partial charge in [0.1, 0.15) is 29.3 Å². The molecule has 0 spiro atoms. The minimum absolute atomic E-state index is 0.0304. The lowest BCUT2D eigenvalue weighted by Crippen LogP contribution is -2.60. The number of hydrogen-bond acceptors (Lipinski definition) is 10. The van der Waals surface area contributed by atoms with Crippen molar-refractivity contribution in [2.45, 2.75) is 102 Å². The van der Waals surface area contributed by atoms with Crippen molar-refractivity contribution in [1.29, 1.82) is 0 Å². The molecule has 0 radical (unpaired) electrons. The molecular weight excluding hydrogens is 702 g/mol. The third-order valence-corrected chi connectivity index (χ3v) is 11.2. The van der Waals surface area contributed by atoms with Gasteiger partial charge in [0, 0.05) is 23.1 Å². The zero-order valence-electron chi connectivity index (χ0n) is 29.9. The Kier molecular flexibility index (Phi) is 10.3. The molecule has 51 heavy (non-hydrogen) atoms. The van der Waals surface area contributed by atoms with Crippen molar-refractivity contribution in [1.82, 2.24) is 25.2 Å². The number of ether oxygens (including phenoxy) is 3. The Labute approximate surface area is 303 Å². The average Bonchev–Trinajstić information content (AvgIpc) is 3.95. The molecule has 3 aliphatic rings. The number of hydrogen-bond donors (Lipinski definition) is 3. The third kappa shape index (κ3) is 8.19. The van der Waals surface area contributed by atoms with Crippen LogP contribution in [-0.2, 0) is 29.1 Å². The minimum atomic E-state index is -3.91. The number of amides is 4. The van der Waals surface area contributed by atoms with Gasteiger partial charge in [-0.15, -0.1) is 6.58 Å². The van der Waals surface area contributed by atoms with Gasteiger partial charge in [-0.1, -0.05) is 56.6 Å². The summed E-state index contributed by atoms with van der Waals surface area (Å²) in [7, 11) is -2.44. The number of aromatic nitrogens is 1. The highest BCUT2D eigenvalue weighted by atomic mass is 35.5. The van der Waals surface area contributed by atoms with Crippen molar-refractivity contribution in [2.75, 3.05) is 13.7 Å². The standard InChI is InChI=1S/C35H46ClN5O9S/c1-9-19-17-35(19,31(44)40-51(46,47)21-14-15-21)39-28(42)24-16-20(49-29-23-13-11-10-12-22(23)25(48-8)27(36)38-29)18-41(24)30(43)26(33(2,3)4)37-32(45)50-34(5,6)7/h9-13,19-21,24,26H,1,14-18H2,2-8H3,(H,37,45)(H,39,42)(H,40,44)/t19-,20-,24-,26-,35+/m1/s1. The summed E-state index contributed by atoms with van der Waals surface area (Å²) >= 11 is 6.46. The fraction of sp³-hybridized carbons (Fsp3) is 0.571. The van der Waals surface area contributed by atoms with Gasteiger partial charge in [0.15, 0.2) is 10.9 Å². The van der Waals surface area contributed by atoms with E-state index >= 15 is 0 Å². The van der Waals surface area contributed by atoms with Crippen LogP contribution in [0, 0.1) is 11.3 Å². The van der Waals surface area contributed by atoms with Crippen LogP contribution in [-0.4, -0.2) is 90.3 Å². The Bertz CT molecular complexity index is 1850. The lowest BCUT2D eigenvalue weighted by molar-refractivity contribution is -0.143. The molecule has 4 amide bonds. The summed E-state index contributed by atoms with van der Waals surface area (Å²) in [6.45, 7) is 14.0. The first kappa shape index (κ1) is 38.1. The molecule has 1 aromatic heterocycles. The van der Waals surface area contributed by atoms with Crippen LogP contribution in [0.15, 0.2) is 36.9 Å². The van der Waals surface area contributed by atoms with E-state index < -0.39 is 79.7 Å². The van der Waals surface area contributed by atoms with Crippen LogP contribution in [0.4, 0.5) is 4.79 Å². The molecule has 14 nitrogen and oxygen atoms in total. The zero-order chi connectivity index (χ0) is 37.7. The Hall–Kier alpha value is -4.11. The minimum Gasteiger partial charge on any atom is -0.493 e. The van der Waals surface area contributed by atoms with Crippen molar-refractivity contribution in [3.8, 4) is 11.6 Å². The maximum Gasteiger partial charge on any atom is 0.408 e. The summed E-state index contributed by atoms with van der Waals surface area (Å²) in [6.07, 6.45) is 0.870. The summed E-state index contributed by atoms with van der Waals surface area (Å²) in [6, 6.07) is 4.84. The van der Waals surface area contributed by atoms with Crippen LogP contribution in [0.2, 0.25) is 5.15 Å². The van der Waals surface area contributed by atoms with E-state index in [1.54, 1.807) is 59.7 Å². The number of pyridine rings is 1. The van der Waals surface area contributed by atoms with Gasteiger partial charge < -0.3 is 29.7 Å². The molecule has 1 aromatic carbocycles. The number of fused-ring (bicyclic) bond motifs is 1. The van der Waals surface area contributed by atoms with Crippen molar-refractivity contribution < 1.29 is 41.8 Å². The molecule has 3 fully saturated rings. The number of carbonyl (C=O) groups excluding carboxylic acids is 4. The van der Waals surface area contributed by atoms with Gasteiger partial charge in [-0.3, -0.25) is 19.1 Å². The second kappa shape index (κ2) is 13.8. The van der Waals surface area contributed by atoms with Crippen molar-refractivity contribution in [2.24, 2.45) is 11.3 Å². The summed E-state index contributed by atoms with van der Waals surface area (Å²) in [5.74, 6) is -2.18. The van der Waals surface area contributed by atoms with Gasteiger partial charge in [0.05, 0.1) is 18.9 Å². The quantitative estimate of drug-likeness (QED) is 0.226. The summed E-state index contributed by atoms with van der Waals surface area (Å²) < 4.78 is 44.7. The first-order chi connectivity index (χ1) is 23.7. The number of halogens is 1. The number of sulfonamides is 1. The van der Waals surface area contributed by atoms with E-state index in [1.165, 1.54) is 18.1 Å². The maximum absolute atomic E-state index is 14.5. The molecule has 16 heteroatoms. The van der Waals surface area contributed by atoms with E-state index in [9.17, 15) is 27.6 Å². The molecule has 2 heterocycles. The molecule has 5 atom stereocenters. The second-order valence-corrected chi connectivity index (χ2v) is 17.7. The molecule has 2 aromatic rings. The lowest BCUT2D eigenvalue weighted by atomic mass is 9.85. The molecule has 0 bridgehead atoms. The van der Waals surface area contributed by atoms with Gasteiger partial charge >= 0.3 is 6.09 Å². The molecular formula is C35H46ClN5O9S. The number of nitrogens with zero attached hydrogens (tertiary/aromatic N) is 2. The highest BCUT2D eigenvalue weighted by molar-refractivity contribution is 7.91. The number of rotatable bonds is 11. The van der Waals surface area contributed by atoms with Gasteiger partial charge in [-0.05, 0) is 51.5 Å². The van der Waals surface area contributed by atoms with E-state index in [4.69, 9.17) is 25.8 Å². The number of likely N-dealkylation sites (tertiary alicyclic amines) is 1. The first-order valence-corrected chi connectivity index (χ1v) is 18.7. The number of methoxy groups -OCH3 is 1. The first-order valence-electron chi connectivity index (χ1n) is 16.8.